The van der Waals surface area contributed by atoms with Gasteiger partial charge in [-0.3, -0.25) is 4.90 Å². The summed E-state index contributed by atoms with van der Waals surface area (Å²) >= 11 is 0. The molecule has 0 amide bonds. The summed E-state index contributed by atoms with van der Waals surface area (Å²) in [5, 5.41) is 0. The fourth-order valence-corrected chi connectivity index (χ4v) is 3.21. The topological polar surface area (TPSA) is 29.3 Å². The second-order valence-corrected chi connectivity index (χ2v) is 6.76. The number of oxazole rings is 1. The molecule has 0 radical (unpaired) electrons. The van der Waals surface area contributed by atoms with E-state index in [2.05, 4.69) is 41.9 Å². The first-order chi connectivity index (χ1) is 12.1. The van der Waals surface area contributed by atoms with Gasteiger partial charge in [-0.2, -0.15) is 0 Å². The predicted octanol–water partition coefficient (Wildman–Crippen LogP) is 4.87. The molecule has 1 aliphatic rings. The molecule has 3 nitrogen and oxygen atoms in total. The molecule has 0 fully saturated rings. The van der Waals surface area contributed by atoms with Gasteiger partial charge in [0.15, 0.2) is 5.58 Å². The maximum Gasteiger partial charge on any atom is 0.222 e. The lowest BCUT2D eigenvalue weighted by molar-refractivity contribution is 0.292. The van der Waals surface area contributed by atoms with Crippen LogP contribution in [0, 0.1) is 19.7 Å². The van der Waals surface area contributed by atoms with Crippen LogP contribution in [0.3, 0.4) is 0 Å². The van der Waals surface area contributed by atoms with E-state index in [0.29, 0.717) is 0 Å². The summed E-state index contributed by atoms with van der Waals surface area (Å²) in [7, 11) is 0. The van der Waals surface area contributed by atoms with Crippen LogP contribution in [0.25, 0.3) is 16.7 Å². The largest absolute Gasteiger partial charge is 0.436 e. The van der Waals surface area contributed by atoms with Crippen molar-refractivity contribution in [1.29, 1.82) is 0 Å². The number of hydrogen-bond donors (Lipinski definition) is 0. The van der Waals surface area contributed by atoms with Gasteiger partial charge < -0.3 is 4.42 Å². The third-order valence-electron chi connectivity index (χ3n) is 4.89. The highest BCUT2D eigenvalue weighted by atomic mass is 19.1. The summed E-state index contributed by atoms with van der Waals surface area (Å²) in [4.78, 5) is 7.00. The van der Waals surface area contributed by atoms with Crippen molar-refractivity contribution >= 4 is 16.7 Å². The molecule has 2 aromatic carbocycles. The number of aromatic nitrogens is 1. The van der Waals surface area contributed by atoms with E-state index < -0.39 is 0 Å². The monoisotopic (exact) mass is 336 g/mol. The van der Waals surface area contributed by atoms with Crippen molar-refractivity contribution in [1.82, 2.24) is 9.88 Å². The molecular formula is C21H21FN2O. The lowest BCUT2D eigenvalue weighted by atomic mass is 10.1. The predicted molar refractivity (Wildman–Crippen MR) is 97.8 cm³/mol. The fourth-order valence-electron chi connectivity index (χ4n) is 3.21. The summed E-state index contributed by atoms with van der Waals surface area (Å²) in [5.74, 6) is 0.549. The zero-order valence-electron chi connectivity index (χ0n) is 14.6. The average Bonchev–Trinajstić information content (AvgIpc) is 3.01. The third kappa shape index (κ3) is 3.35. The van der Waals surface area contributed by atoms with Gasteiger partial charge in [-0.1, -0.05) is 18.2 Å². The van der Waals surface area contributed by atoms with E-state index in [-0.39, 0.29) is 5.82 Å². The molecule has 128 valence electrons. The number of rotatable bonds is 3. The van der Waals surface area contributed by atoms with Crippen molar-refractivity contribution in [3.8, 4) is 0 Å². The van der Waals surface area contributed by atoms with Crippen LogP contribution >= 0.6 is 0 Å². The molecule has 0 spiro atoms. The number of aryl methyl sites for hydroxylation is 2. The standard InChI is InChI=1S/C21H21FN2O/c1-14-11-19-20(12-15(14)2)25-21(23-19)17-7-9-24(10-8-17)13-16-3-5-18(22)6-4-16/h3-7,11-12H,8-10,13H2,1-2H3. The van der Waals surface area contributed by atoms with Gasteiger partial charge in [-0.05, 0) is 61.2 Å². The van der Waals surface area contributed by atoms with E-state index in [9.17, 15) is 4.39 Å². The van der Waals surface area contributed by atoms with E-state index in [1.807, 2.05) is 12.1 Å². The molecule has 1 aliphatic heterocycles. The Bertz CT molecular complexity index is 901. The molecule has 1 aromatic heterocycles. The molecule has 0 saturated carbocycles. The molecule has 4 rings (SSSR count). The molecule has 25 heavy (non-hydrogen) atoms. The maximum absolute atomic E-state index is 13.0. The second-order valence-electron chi connectivity index (χ2n) is 6.76. The Hall–Kier alpha value is -2.46. The molecule has 0 aliphatic carbocycles. The van der Waals surface area contributed by atoms with Crippen molar-refractivity contribution < 1.29 is 8.81 Å². The zero-order valence-corrected chi connectivity index (χ0v) is 14.6. The first-order valence-electron chi connectivity index (χ1n) is 8.62. The van der Waals surface area contributed by atoms with Gasteiger partial charge in [0.25, 0.3) is 0 Å². The first kappa shape index (κ1) is 16.0. The normalized spacial score (nSPS) is 15.6. The van der Waals surface area contributed by atoms with Crippen LogP contribution in [0.15, 0.2) is 46.9 Å². The van der Waals surface area contributed by atoms with Crippen LogP contribution in [0.1, 0.15) is 29.0 Å². The quantitative estimate of drug-likeness (QED) is 0.683. The highest BCUT2D eigenvalue weighted by molar-refractivity contribution is 5.77. The summed E-state index contributed by atoms with van der Waals surface area (Å²) < 4.78 is 19.0. The highest BCUT2D eigenvalue weighted by Crippen LogP contribution is 2.27. The summed E-state index contributed by atoms with van der Waals surface area (Å²) in [6.45, 7) is 6.81. The molecule has 3 aromatic rings. The first-order valence-corrected chi connectivity index (χ1v) is 8.62. The maximum atomic E-state index is 13.0. The minimum atomic E-state index is -0.189. The molecule has 0 saturated heterocycles. The molecular weight excluding hydrogens is 315 g/mol. The van der Waals surface area contributed by atoms with Crippen molar-refractivity contribution in [2.24, 2.45) is 0 Å². The van der Waals surface area contributed by atoms with Crippen molar-refractivity contribution in [2.75, 3.05) is 13.1 Å². The van der Waals surface area contributed by atoms with Gasteiger partial charge in [0, 0.05) is 25.2 Å². The minimum Gasteiger partial charge on any atom is -0.436 e. The van der Waals surface area contributed by atoms with Crippen molar-refractivity contribution in [2.45, 2.75) is 26.8 Å². The van der Waals surface area contributed by atoms with Crippen LogP contribution in [0.4, 0.5) is 4.39 Å². The molecule has 2 heterocycles. The zero-order chi connectivity index (χ0) is 17.4. The SMILES string of the molecule is Cc1cc2nc(C3=CCN(Cc4ccc(F)cc4)CC3)oc2cc1C. The second kappa shape index (κ2) is 6.45. The Balaban J connectivity index is 1.49. The number of fused-ring (bicyclic) bond motifs is 1. The van der Waals surface area contributed by atoms with Crippen LogP contribution < -0.4 is 0 Å². The number of benzene rings is 2. The lowest BCUT2D eigenvalue weighted by Gasteiger charge is -2.25. The Morgan fingerprint density at radius 1 is 1.12 bits per heavy atom. The van der Waals surface area contributed by atoms with Gasteiger partial charge >= 0.3 is 0 Å². The molecule has 0 bridgehead atoms. The minimum absolute atomic E-state index is 0.189. The van der Waals surface area contributed by atoms with E-state index in [4.69, 9.17) is 4.42 Å². The van der Waals surface area contributed by atoms with Gasteiger partial charge in [-0.25, -0.2) is 9.37 Å². The third-order valence-corrected chi connectivity index (χ3v) is 4.89. The van der Waals surface area contributed by atoms with Crippen molar-refractivity contribution in [3.05, 3.63) is 70.9 Å². The smallest absolute Gasteiger partial charge is 0.222 e. The van der Waals surface area contributed by atoms with E-state index in [1.165, 1.54) is 28.8 Å². The molecule has 4 heteroatoms. The highest BCUT2D eigenvalue weighted by Gasteiger charge is 2.17. The van der Waals surface area contributed by atoms with Gasteiger partial charge in [-0.15, -0.1) is 0 Å². The van der Waals surface area contributed by atoms with Gasteiger partial charge in [0.1, 0.15) is 11.3 Å². The number of nitrogens with zero attached hydrogens (tertiary/aromatic N) is 2. The Kier molecular flexibility index (Phi) is 4.14. The van der Waals surface area contributed by atoms with Crippen LogP contribution in [-0.4, -0.2) is 23.0 Å². The average molecular weight is 336 g/mol. The Morgan fingerprint density at radius 2 is 1.88 bits per heavy atom. The number of halogens is 1. The van der Waals surface area contributed by atoms with Crippen LogP contribution in [-0.2, 0) is 6.54 Å². The lowest BCUT2D eigenvalue weighted by Crippen LogP contribution is -2.28. The summed E-state index contributed by atoms with van der Waals surface area (Å²) in [6.07, 6.45) is 3.10. The van der Waals surface area contributed by atoms with E-state index in [1.54, 1.807) is 0 Å². The Labute approximate surface area is 146 Å². The summed E-state index contributed by atoms with van der Waals surface area (Å²) in [6, 6.07) is 10.9. The van der Waals surface area contributed by atoms with Gasteiger partial charge in [0.05, 0.1) is 0 Å². The van der Waals surface area contributed by atoms with Gasteiger partial charge in [0.2, 0.25) is 5.89 Å². The molecule has 0 unspecified atom stereocenters. The molecule has 0 N–H and O–H groups in total. The van der Waals surface area contributed by atoms with E-state index in [0.717, 1.165) is 48.6 Å². The molecule has 0 atom stereocenters. The van der Waals surface area contributed by atoms with Crippen molar-refractivity contribution in [3.63, 3.8) is 0 Å². The number of hydrogen-bond acceptors (Lipinski definition) is 3. The summed E-state index contributed by atoms with van der Waals surface area (Å²) in [5.41, 5.74) is 6.53. The van der Waals surface area contributed by atoms with E-state index >= 15 is 0 Å². The fraction of sp³-hybridized carbons (Fsp3) is 0.286. The van der Waals surface area contributed by atoms with Crippen LogP contribution in [0.2, 0.25) is 0 Å². The van der Waals surface area contributed by atoms with Crippen LogP contribution in [0.5, 0.6) is 0 Å². The Morgan fingerprint density at radius 3 is 2.60 bits per heavy atom.